The third-order valence-electron chi connectivity index (χ3n) is 3.24. The number of hydrogen-bond donors (Lipinski definition) is 1. The van der Waals surface area contributed by atoms with Gasteiger partial charge in [-0.3, -0.25) is 0 Å². The standard InChI is InChI=1S/C16H14N2O2/c1-10-5-3-6-12(9-10)15-17-16(20-18-15)13-7-4-8-14(19)11(13)2/h3-9,19H,1-2H3. The van der Waals surface area contributed by atoms with Gasteiger partial charge in [-0.15, -0.1) is 0 Å². The van der Waals surface area contributed by atoms with Crippen molar-refractivity contribution in [3.05, 3.63) is 53.6 Å². The quantitative estimate of drug-likeness (QED) is 0.767. The molecule has 0 atom stereocenters. The predicted molar refractivity (Wildman–Crippen MR) is 76.3 cm³/mol. The molecule has 0 unspecified atom stereocenters. The first-order valence-electron chi connectivity index (χ1n) is 6.35. The Labute approximate surface area is 116 Å². The number of aromatic hydroxyl groups is 1. The summed E-state index contributed by atoms with van der Waals surface area (Å²) in [6, 6.07) is 13.2. The number of nitrogens with zero attached hydrogens (tertiary/aromatic N) is 2. The zero-order chi connectivity index (χ0) is 14.1. The summed E-state index contributed by atoms with van der Waals surface area (Å²) in [5, 5.41) is 13.7. The molecule has 0 saturated carbocycles. The number of phenols is 1. The fraction of sp³-hybridized carbons (Fsp3) is 0.125. The summed E-state index contributed by atoms with van der Waals surface area (Å²) in [6.07, 6.45) is 0. The molecule has 2 aromatic carbocycles. The molecule has 4 nitrogen and oxygen atoms in total. The fourth-order valence-corrected chi connectivity index (χ4v) is 2.09. The number of hydrogen-bond acceptors (Lipinski definition) is 4. The highest BCUT2D eigenvalue weighted by molar-refractivity contribution is 5.64. The zero-order valence-corrected chi connectivity index (χ0v) is 11.3. The predicted octanol–water partition coefficient (Wildman–Crippen LogP) is 3.73. The molecule has 0 bridgehead atoms. The maximum absolute atomic E-state index is 9.73. The zero-order valence-electron chi connectivity index (χ0n) is 11.3. The highest BCUT2D eigenvalue weighted by Crippen LogP contribution is 2.29. The van der Waals surface area contributed by atoms with Crippen LogP contribution in [0.2, 0.25) is 0 Å². The van der Waals surface area contributed by atoms with Crippen LogP contribution in [0.4, 0.5) is 0 Å². The molecule has 0 spiro atoms. The van der Waals surface area contributed by atoms with Crippen molar-refractivity contribution in [1.82, 2.24) is 10.1 Å². The van der Waals surface area contributed by atoms with E-state index in [1.165, 1.54) is 0 Å². The first-order valence-corrected chi connectivity index (χ1v) is 6.35. The monoisotopic (exact) mass is 266 g/mol. The van der Waals surface area contributed by atoms with Crippen molar-refractivity contribution in [3.8, 4) is 28.6 Å². The Morgan fingerprint density at radius 1 is 1.05 bits per heavy atom. The Hall–Kier alpha value is -2.62. The second kappa shape index (κ2) is 4.81. The van der Waals surface area contributed by atoms with Crippen molar-refractivity contribution < 1.29 is 9.63 Å². The van der Waals surface area contributed by atoms with E-state index in [9.17, 15) is 5.11 Å². The van der Waals surface area contributed by atoms with Gasteiger partial charge in [0, 0.05) is 16.7 Å². The molecule has 4 heteroatoms. The molecule has 100 valence electrons. The van der Waals surface area contributed by atoms with Crippen molar-refractivity contribution in [1.29, 1.82) is 0 Å². The smallest absolute Gasteiger partial charge is 0.258 e. The minimum absolute atomic E-state index is 0.220. The molecule has 3 aromatic rings. The van der Waals surface area contributed by atoms with Gasteiger partial charge in [0.2, 0.25) is 5.82 Å². The average Bonchev–Trinajstić information content (AvgIpc) is 2.91. The minimum Gasteiger partial charge on any atom is -0.508 e. The highest BCUT2D eigenvalue weighted by atomic mass is 16.5. The van der Waals surface area contributed by atoms with Crippen LogP contribution >= 0.6 is 0 Å². The molecule has 0 aliphatic carbocycles. The first-order chi connectivity index (χ1) is 9.65. The van der Waals surface area contributed by atoms with Crippen LogP contribution in [0.15, 0.2) is 47.0 Å². The number of benzene rings is 2. The fourth-order valence-electron chi connectivity index (χ4n) is 2.09. The molecular weight excluding hydrogens is 252 g/mol. The molecule has 0 fully saturated rings. The topological polar surface area (TPSA) is 59.2 Å². The van der Waals surface area contributed by atoms with Crippen LogP contribution in [0.1, 0.15) is 11.1 Å². The lowest BCUT2D eigenvalue weighted by atomic mass is 10.1. The van der Waals surface area contributed by atoms with E-state index in [-0.39, 0.29) is 5.75 Å². The van der Waals surface area contributed by atoms with Crippen LogP contribution in [0.25, 0.3) is 22.8 Å². The number of phenolic OH excluding ortho intramolecular Hbond substituents is 1. The number of rotatable bonds is 2. The van der Waals surface area contributed by atoms with Crippen LogP contribution in [0.5, 0.6) is 5.75 Å². The average molecular weight is 266 g/mol. The molecule has 1 N–H and O–H groups in total. The van der Waals surface area contributed by atoms with Crippen molar-refractivity contribution in [3.63, 3.8) is 0 Å². The normalized spacial score (nSPS) is 10.7. The maximum Gasteiger partial charge on any atom is 0.258 e. The van der Waals surface area contributed by atoms with Gasteiger partial charge in [0.1, 0.15) is 5.75 Å². The lowest BCUT2D eigenvalue weighted by Gasteiger charge is -2.01. The largest absolute Gasteiger partial charge is 0.508 e. The SMILES string of the molecule is Cc1cccc(-c2noc(-c3cccc(O)c3C)n2)c1. The Kier molecular flexibility index (Phi) is 2.99. The van der Waals surface area contributed by atoms with Crippen molar-refractivity contribution in [2.75, 3.05) is 0 Å². The number of aryl methyl sites for hydroxylation is 1. The Morgan fingerprint density at radius 3 is 2.65 bits per heavy atom. The van der Waals surface area contributed by atoms with Gasteiger partial charge in [-0.05, 0) is 32.0 Å². The number of aromatic nitrogens is 2. The van der Waals surface area contributed by atoms with Crippen molar-refractivity contribution in [2.24, 2.45) is 0 Å². The van der Waals surface area contributed by atoms with E-state index in [1.54, 1.807) is 12.1 Å². The molecular formula is C16H14N2O2. The molecule has 3 rings (SSSR count). The molecule has 0 amide bonds. The van der Waals surface area contributed by atoms with E-state index in [1.807, 2.05) is 44.2 Å². The van der Waals surface area contributed by atoms with E-state index in [0.29, 0.717) is 11.7 Å². The van der Waals surface area contributed by atoms with Gasteiger partial charge < -0.3 is 9.63 Å². The van der Waals surface area contributed by atoms with Gasteiger partial charge in [-0.25, -0.2) is 0 Å². The Balaban J connectivity index is 2.04. The summed E-state index contributed by atoms with van der Waals surface area (Å²) in [4.78, 5) is 4.40. The Morgan fingerprint density at radius 2 is 1.85 bits per heavy atom. The second-order valence-electron chi connectivity index (χ2n) is 4.74. The minimum atomic E-state index is 0.220. The molecule has 0 aliphatic rings. The van der Waals surface area contributed by atoms with Crippen LogP contribution in [0.3, 0.4) is 0 Å². The molecule has 1 heterocycles. The summed E-state index contributed by atoms with van der Waals surface area (Å²) in [5.41, 5.74) is 3.53. The van der Waals surface area contributed by atoms with E-state index in [4.69, 9.17) is 4.52 Å². The molecule has 1 aromatic heterocycles. The van der Waals surface area contributed by atoms with Gasteiger partial charge in [0.05, 0.1) is 0 Å². The van der Waals surface area contributed by atoms with E-state index in [0.717, 1.165) is 22.3 Å². The van der Waals surface area contributed by atoms with Gasteiger partial charge in [-0.2, -0.15) is 4.98 Å². The van der Waals surface area contributed by atoms with E-state index >= 15 is 0 Å². The second-order valence-corrected chi connectivity index (χ2v) is 4.74. The van der Waals surface area contributed by atoms with Gasteiger partial charge in [0.15, 0.2) is 0 Å². The summed E-state index contributed by atoms with van der Waals surface area (Å²) in [5.74, 6) is 1.18. The summed E-state index contributed by atoms with van der Waals surface area (Å²) >= 11 is 0. The lowest BCUT2D eigenvalue weighted by molar-refractivity contribution is 0.431. The third-order valence-corrected chi connectivity index (χ3v) is 3.24. The van der Waals surface area contributed by atoms with Crippen LogP contribution in [-0.2, 0) is 0 Å². The third kappa shape index (κ3) is 2.16. The van der Waals surface area contributed by atoms with Gasteiger partial charge in [0.25, 0.3) is 5.89 Å². The molecule has 0 radical (unpaired) electrons. The summed E-state index contributed by atoms with van der Waals surface area (Å²) in [7, 11) is 0. The van der Waals surface area contributed by atoms with E-state index < -0.39 is 0 Å². The van der Waals surface area contributed by atoms with Gasteiger partial charge in [-0.1, -0.05) is 35.0 Å². The van der Waals surface area contributed by atoms with Crippen LogP contribution in [-0.4, -0.2) is 15.2 Å². The van der Waals surface area contributed by atoms with E-state index in [2.05, 4.69) is 10.1 Å². The molecule has 20 heavy (non-hydrogen) atoms. The Bertz CT molecular complexity index is 763. The van der Waals surface area contributed by atoms with Crippen LogP contribution in [0, 0.1) is 13.8 Å². The van der Waals surface area contributed by atoms with Gasteiger partial charge >= 0.3 is 0 Å². The van der Waals surface area contributed by atoms with Crippen LogP contribution < -0.4 is 0 Å². The summed E-state index contributed by atoms with van der Waals surface area (Å²) < 4.78 is 5.31. The van der Waals surface area contributed by atoms with Crippen molar-refractivity contribution in [2.45, 2.75) is 13.8 Å². The maximum atomic E-state index is 9.73. The van der Waals surface area contributed by atoms with Crippen molar-refractivity contribution >= 4 is 0 Å². The molecule has 0 saturated heterocycles. The molecule has 0 aliphatic heterocycles. The highest BCUT2D eigenvalue weighted by Gasteiger charge is 2.14. The first kappa shape index (κ1) is 12.4. The summed E-state index contributed by atoms with van der Waals surface area (Å²) in [6.45, 7) is 3.84. The lowest BCUT2D eigenvalue weighted by Crippen LogP contribution is -1.85.